The van der Waals surface area contributed by atoms with Crippen molar-refractivity contribution in [3.63, 3.8) is 0 Å². The van der Waals surface area contributed by atoms with Gasteiger partial charge >= 0.3 is 6.03 Å². The van der Waals surface area contributed by atoms with E-state index in [1.54, 1.807) is 9.80 Å². The number of urea groups is 1. The number of carbonyl (C=O) groups is 2. The van der Waals surface area contributed by atoms with Crippen molar-refractivity contribution in [3.05, 3.63) is 17.5 Å². The number of piperazine rings is 1. The number of aromatic nitrogens is 2. The Hall–Kier alpha value is -2.05. The summed E-state index contributed by atoms with van der Waals surface area (Å²) in [6.45, 7) is 5.72. The van der Waals surface area contributed by atoms with Gasteiger partial charge in [-0.15, -0.1) is 0 Å². The third-order valence-corrected chi connectivity index (χ3v) is 4.32. The van der Waals surface area contributed by atoms with Crippen molar-refractivity contribution < 1.29 is 9.59 Å². The lowest BCUT2D eigenvalue weighted by Gasteiger charge is -2.34. The number of amides is 3. The summed E-state index contributed by atoms with van der Waals surface area (Å²) in [4.78, 5) is 27.9. The van der Waals surface area contributed by atoms with E-state index in [1.165, 1.54) is 6.42 Å². The van der Waals surface area contributed by atoms with E-state index in [1.807, 2.05) is 17.7 Å². The Morgan fingerprint density at radius 2 is 1.86 bits per heavy atom. The fourth-order valence-electron chi connectivity index (χ4n) is 3.06. The molecule has 3 heterocycles. The third kappa shape index (κ3) is 2.93. The normalized spacial score (nSPS) is 18.0. The summed E-state index contributed by atoms with van der Waals surface area (Å²) >= 11 is 0. The van der Waals surface area contributed by atoms with Crippen molar-refractivity contribution in [1.29, 1.82) is 0 Å². The lowest BCUT2D eigenvalue weighted by atomic mass is 10.1. The van der Waals surface area contributed by atoms with Gasteiger partial charge in [-0.05, 0) is 32.3 Å². The SMILES string of the molecule is CCNC(=O)N1CCN(C(=O)c2cc3n(n2)CCCC3)CC1. The van der Waals surface area contributed by atoms with E-state index in [9.17, 15) is 9.59 Å². The van der Waals surface area contributed by atoms with E-state index in [-0.39, 0.29) is 11.9 Å². The minimum absolute atomic E-state index is 0.0163. The summed E-state index contributed by atoms with van der Waals surface area (Å²) in [6, 6.07) is 1.88. The molecule has 0 aromatic carbocycles. The monoisotopic (exact) mass is 305 g/mol. The molecule has 2 aliphatic rings. The van der Waals surface area contributed by atoms with E-state index >= 15 is 0 Å². The second-order valence-corrected chi connectivity index (χ2v) is 5.82. The number of carbonyl (C=O) groups excluding carboxylic acids is 2. The number of hydrogen-bond donors (Lipinski definition) is 1. The molecule has 1 N–H and O–H groups in total. The van der Waals surface area contributed by atoms with E-state index in [0.717, 1.165) is 25.1 Å². The van der Waals surface area contributed by atoms with Gasteiger partial charge in [0.25, 0.3) is 5.91 Å². The van der Waals surface area contributed by atoms with Gasteiger partial charge in [-0.2, -0.15) is 5.10 Å². The molecule has 0 bridgehead atoms. The first kappa shape index (κ1) is 14.9. The molecule has 3 rings (SSSR count). The topological polar surface area (TPSA) is 70.5 Å². The summed E-state index contributed by atoms with van der Waals surface area (Å²) in [6.07, 6.45) is 3.31. The maximum absolute atomic E-state index is 12.6. The number of rotatable bonds is 2. The summed E-state index contributed by atoms with van der Waals surface area (Å²) in [5, 5.41) is 7.23. The highest BCUT2D eigenvalue weighted by Gasteiger charge is 2.26. The first-order valence-corrected chi connectivity index (χ1v) is 8.08. The summed E-state index contributed by atoms with van der Waals surface area (Å²) in [5.74, 6) is -0.0163. The number of aryl methyl sites for hydroxylation is 2. The molecule has 0 atom stereocenters. The Bertz CT molecular complexity index is 537. The molecule has 0 saturated carbocycles. The lowest BCUT2D eigenvalue weighted by Crippen LogP contribution is -2.53. The summed E-state index contributed by atoms with van der Waals surface area (Å²) in [5.41, 5.74) is 1.71. The quantitative estimate of drug-likeness (QED) is 0.874. The van der Waals surface area contributed by atoms with Gasteiger partial charge in [-0.25, -0.2) is 4.79 Å². The maximum atomic E-state index is 12.6. The van der Waals surface area contributed by atoms with Gasteiger partial charge in [0.1, 0.15) is 0 Å². The molecule has 1 aromatic rings. The molecule has 0 unspecified atom stereocenters. The number of nitrogens with one attached hydrogen (secondary N) is 1. The van der Waals surface area contributed by atoms with Crippen LogP contribution in [-0.2, 0) is 13.0 Å². The highest BCUT2D eigenvalue weighted by atomic mass is 16.2. The van der Waals surface area contributed by atoms with Crippen molar-refractivity contribution in [2.45, 2.75) is 32.7 Å². The van der Waals surface area contributed by atoms with Crippen molar-refractivity contribution in [2.75, 3.05) is 32.7 Å². The highest BCUT2D eigenvalue weighted by molar-refractivity contribution is 5.92. The molecule has 1 aromatic heterocycles. The molecular formula is C15H23N5O2. The van der Waals surface area contributed by atoms with Gasteiger partial charge in [0.2, 0.25) is 0 Å². The second-order valence-electron chi connectivity index (χ2n) is 5.82. The van der Waals surface area contributed by atoms with Gasteiger partial charge < -0.3 is 15.1 Å². The molecule has 3 amide bonds. The van der Waals surface area contributed by atoms with Crippen LogP contribution in [0.25, 0.3) is 0 Å². The number of fused-ring (bicyclic) bond motifs is 1. The average Bonchev–Trinajstić information content (AvgIpc) is 2.98. The minimum atomic E-state index is -0.0490. The fraction of sp³-hybridized carbons (Fsp3) is 0.667. The molecule has 0 radical (unpaired) electrons. The molecule has 7 heteroatoms. The molecule has 0 spiro atoms. The zero-order chi connectivity index (χ0) is 15.5. The number of nitrogens with zero attached hydrogens (tertiary/aromatic N) is 4. The molecular weight excluding hydrogens is 282 g/mol. The Labute approximate surface area is 130 Å². The van der Waals surface area contributed by atoms with Crippen LogP contribution in [-0.4, -0.2) is 64.2 Å². The first-order valence-electron chi connectivity index (χ1n) is 8.08. The van der Waals surface area contributed by atoms with Gasteiger partial charge in [0, 0.05) is 45.0 Å². The zero-order valence-corrected chi connectivity index (χ0v) is 13.0. The van der Waals surface area contributed by atoms with Crippen molar-refractivity contribution in [3.8, 4) is 0 Å². The molecule has 2 aliphatic heterocycles. The summed E-state index contributed by atoms with van der Waals surface area (Å²) in [7, 11) is 0. The van der Waals surface area contributed by atoms with Gasteiger partial charge in [0.15, 0.2) is 5.69 Å². The zero-order valence-electron chi connectivity index (χ0n) is 13.0. The molecule has 22 heavy (non-hydrogen) atoms. The van der Waals surface area contributed by atoms with Crippen LogP contribution >= 0.6 is 0 Å². The Kier molecular flexibility index (Phi) is 4.31. The standard InChI is InChI=1S/C15H23N5O2/c1-2-16-15(22)19-9-7-18(8-10-19)14(21)13-11-12-5-3-4-6-20(12)17-13/h11H,2-10H2,1H3,(H,16,22). The maximum Gasteiger partial charge on any atom is 0.317 e. The fourth-order valence-corrected chi connectivity index (χ4v) is 3.06. The number of hydrogen-bond acceptors (Lipinski definition) is 3. The van der Waals surface area contributed by atoms with Crippen LogP contribution < -0.4 is 5.32 Å². The van der Waals surface area contributed by atoms with E-state index in [0.29, 0.717) is 38.4 Å². The predicted octanol–water partition coefficient (Wildman–Crippen LogP) is 0.707. The van der Waals surface area contributed by atoms with Crippen LogP contribution in [0.5, 0.6) is 0 Å². The van der Waals surface area contributed by atoms with Crippen molar-refractivity contribution in [1.82, 2.24) is 24.9 Å². The molecule has 7 nitrogen and oxygen atoms in total. The molecule has 1 fully saturated rings. The van der Waals surface area contributed by atoms with Crippen LogP contribution in [0.4, 0.5) is 4.79 Å². The third-order valence-electron chi connectivity index (χ3n) is 4.32. The van der Waals surface area contributed by atoms with Crippen LogP contribution in [0.2, 0.25) is 0 Å². The predicted molar refractivity (Wildman–Crippen MR) is 81.7 cm³/mol. The highest BCUT2D eigenvalue weighted by Crippen LogP contribution is 2.17. The second kappa shape index (κ2) is 6.37. The van der Waals surface area contributed by atoms with Crippen LogP contribution in [0.15, 0.2) is 6.07 Å². The van der Waals surface area contributed by atoms with Crippen LogP contribution in [0, 0.1) is 0 Å². The van der Waals surface area contributed by atoms with E-state index < -0.39 is 0 Å². The Morgan fingerprint density at radius 1 is 1.14 bits per heavy atom. The van der Waals surface area contributed by atoms with E-state index in [2.05, 4.69) is 10.4 Å². The Balaban J connectivity index is 1.60. The average molecular weight is 305 g/mol. The van der Waals surface area contributed by atoms with Crippen molar-refractivity contribution >= 4 is 11.9 Å². The van der Waals surface area contributed by atoms with E-state index in [4.69, 9.17) is 0 Å². The van der Waals surface area contributed by atoms with Gasteiger partial charge in [-0.3, -0.25) is 9.48 Å². The molecule has 120 valence electrons. The van der Waals surface area contributed by atoms with Crippen LogP contribution in [0.3, 0.4) is 0 Å². The lowest BCUT2D eigenvalue weighted by molar-refractivity contribution is 0.0658. The Morgan fingerprint density at radius 3 is 2.55 bits per heavy atom. The molecule has 1 saturated heterocycles. The van der Waals surface area contributed by atoms with Crippen LogP contribution in [0.1, 0.15) is 35.9 Å². The molecule has 0 aliphatic carbocycles. The summed E-state index contributed by atoms with van der Waals surface area (Å²) < 4.78 is 1.96. The van der Waals surface area contributed by atoms with Gasteiger partial charge in [0.05, 0.1) is 0 Å². The minimum Gasteiger partial charge on any atom is -0.338 e. The first-order chi connectivity index (χ1) is 10.7. The smallest absolute Gasteiger partial charge is 0.317 e. The largest absolute Gasteiger partial charge is 0.338 e. The van der Waals surface area contributed by atoms with Gasteiger partial charge in [-0.1, -0.05) is 0 Å². The van der Waals surface area contributed by atoms with Crippen molar-refractivity contribution in [2.24, 2.45) is 0 Å².